The van der Waals surface area contributed by atoms with Crippen LogP contribution in [0.4, 0.5) is 0 Å². The number of aromatic nitrogens is 1. The van der Waals surface area contributed by atoms with Crippen molar-refractivity contribution < 1.29 is 9.59 Å². The average Bonchev–Trinajstić information content (AvgIpc) is 2.65. The first-order valence-corrected chi connectivity index (χ1v) is 6.51. The first-order valence-electron chi connectivity index (χ1n) is 5.71. The van der Waals surface area contributed by atoms with E-state index in [2.05, 4.69) is 21.2 Å². The van der Waals surface area contributed by atoms with Crippen LogP contribution in [0.2, 0.25) is 0 Å². The highest BCUT2D eigenvalue weighted by Gasteiger charge is 2.27. The van der Waals surface area contributed by atoms with Crippen molar-refractivity contribution in [3.05, 3.63) is 33.9 Å². The monoisotopic (exact) mass is 306 g/mol. The molecule has 0 saturated carbocycles. The quantitative estimate of drug-likeness (QED) is 0.812. The summed E-state index contributed by atoms with van der Waals surface area (Å²) in [6.45, 7) is 2.10. The Hall–Kier alpha value is -1.62. The van der Waals surface area contributed by atoms with Crippen molar-refractivity contribution >= 4 is 38.6 Å². The summed E-state index contributed by atoms with van der Waals surface area (Å²) in [6, 6.07) is 5.71. The van der Waals surface area contributed by atoms with E-state index >= 15 is 0 Å². The summed E-state index contributed by atoms with van der Waals surface area (Å²) in [6.07, 6.45) is 0.758. The Morgan fingerprint density at radius 1 is 1.44 bits per heavy atom. The number of benzene rings is 1. The first-order chi connectivity index (χ1) is 8.59. The molecule has 1 aliphatic heterocycles. The Bertz CT molecular complexity index is 688. The van der Waals surface area contributed by atoms with Gasteiger partial charge in [-0.25, -0.2) is 0 Å². The van der Waals surface area contributed by atoms with Crippen molar-refractivity contribution in [1.82, 2.24) is 9.88 Å². The van der Waals surface area contributed by atoms with E-state index < -0.39 is 0 Å². The van der Waals surface area contributed by atoms with Gasteiger partial charge >= 0.3 is 0 Å². The van der Waals surface area contributed by atoms with Gasteiger partial charge in [0.1, 0.15) is 5.69 Å². The highest BCUT2D eigenvalue weighted by atomic mass is 79.9. The topological polar surface area (TPSA) is 51.1 Å². The maximum atomic E-state index is 12.0. The predicted molar refractivity (Wildman–Crippen MR) is 72.0 cm³/mol. The van der Waals surface area contributed by atoms with Crippen LogP contribution in [0.25, 0.3) is 10.9 Å². The SMILES string of the molecule is CC(=O)n1c2c(c3cc(Br)ccc31)CCNC2=O. The average molecular weight is 307 g/mol. The van der Waals surface area contributed by atoms with Gasteiger partial charge in [0.2, 0.25) is 5.91 Å². The van der Waals surface area contributed by atoms with E-state index in [1.807, 2.05) is 18.2 Å². The highest BCUT2D eigenvalue weighted by molar-refractivity contribution is 9.10. The smallest absolute Gasteiger partial charge is 0.268 e. The minimum absolute atomic E-state index is 0.138. The maximum absolute atomic E-state index is 12.0. The molecule has 1 amide bonds. The summed E-state index contributed by atoms with van der Waals surface area (Å²) in [5.74, 6) is -0.306. The van der Waals surface area contributed by atoms with Gasteiger partial charge < -0.3 is 5.32 Å². The lowest BCUT2D eigenvalue weighted by molar-refractivity contribution is 0.0886. The summed E-state index contributed by atoms with van der Waals surface area (Å²) < 4.78 is 2.45. The molecule has 0 saturated heterocycles. The van der Waals surface area contributed by atoms with Gasteiger partial charge in [-0.3, -0.25) is 14.2 Å². The molecule has 1 N–H and O–H groups in total. The second-order valence-corrected chi connectivity index (χ2v) is 5.26. The molecule has 0 unspecified atom stereocenters. The van der Waals surface area contributed by atoms with Crippen LogP contribution in [0.3, 0.4) is 0 Å². The van der Waals surface area contributed by atoms with E-state index in [9.17, 15) is 9.59 Å². The molecule has 1 aromatic carbocycles. The summed E-state index contributed by atoms with van der Waals surface area (Å²) in [7, 11) is 0. The molecule has 0 aliphatic carbocycles. The number of carbonyl (C=O) groups is 2. The number of rotatable bonds is 0. The normalized spacial score (nSPS) is 14.4. The second-order valence-electron chi connectivity index (χ2n) is 4.35. The van der Waals surface area contributed by atoms with Crippen LogP contribution in [-0.4, -0.2) is 22.9 Å². The van der Waals surface area contributed by atoms with Crippen molar-refractivity contribution in [2.24, 2.45) is 0 Å². The largest absolute Gasteiger partial charge is 0.350 e. The molecule has 18 heavy (non-hydrogen) atoms. The predicted octanol–water partition coefficient (Wildman–Crippen LogP) is 2.35. The van der Waals surface area contributed by atoms with Crippen LogP contribution in [0.15, 0.2) is 22.7 Å². The number of nitrogens with zero attached hydrogens (tertiary/aromatic N) is 1. The van der Waals surface area contributed by atoms with Gasteiger partial charge in [0.15, 0.2) is 0 Å². The van der Waals surface area contributed by atoms with Gasteiger partial charge in [-0.2, -0.15) is 0 Å². The third-order valence-electron chi connectivity index (χ3n) is 3.22. The molecule has 2 aromatic rings. The number of fused-ring (bicyclic) bond motifs is 3. The number of halogens is 1. The van der Waals surface area contributed by atoms with Crippen molar-refractivity contribution in [3.8, 4) is 0 Å². The van der Waals surface area contributed by atoms with Crippen LogP contribution in [0.5, 0.6) is 0 Å². The van der Waals surface area contributed by atoms with E-state index in [-0.39, 0.29) is 11.8 Å². The molecular weight excluding hydrogens is 296 g/mol. The van der Waals surface area contributed by atoms with E-state index in [1.54, 1.807) is 0 Å². The lowest BCUT2D eigenvalue weighted by Gasteiger charge is -2.14. The van der Waals surface area contributed by atoms with Crippen LogP contribution in [0.1, 0.15) is 27.8 Å². The summed E-state index contributed by atoms with van der Waals surface area (Å²) in [5.41, 5.74) is 2.25. The molecule has 0 fully saturated rings. The van der Waals surface area contributed by atoms with Gasteiger partial charge in [-0.15, -0.1) is 0 Å². The standard InChI is InChI=1S/C13H11BrN2O2/c1-7(17)16-11-3-2-8(14)6-10(11)9-4-5-15-13(18)12(9)16/h2-3,6H,4-5H2,1H3,(H,15,18). The molecule has 4 nitrogen and oxygen atoms in total. The van der Waals surface area contributed by atoms with Crippen molar-refractivity contribution in [2.75, 3.05) is 6.54 Å². The fraction of sp³-hybridized carbons (Fsp3) is 0.231. The number of hydrogen-bond donors (Lipinski definition) is 1. The second kappa shape index (κ2) is 3.95. The third-order valence-corrected chi connectivity index (χ3v) is 3.72. The number of hydrogen-bond acceptors (Lipinski definition) is 2. The van der Waals surface area contributed by atoms with Crippen LogP contribution in [-0.2, 0) is 6.42 Å². The zero-order valence-corrected chi connectivity index (χ0v) is 11.4. The van der Waals surface area contributed by atoms with E-state index in [0.29, 0.717) is 12.2 Å². The van der Waals surface area contributed by atoms with E-state index in [0.717, 1.165) is 27.4 Å². The minimum Gasteiger partial charge on any atom is -0.350 e. The van der Waals surface area contributed by atoms with Crippen LogP contribution >= 0.6 is 15.9 Å². The van der Waals surface area contributed by atoms with Crippen LogP contribution < -0.4 is 5.32 Å². The zero-order chi connectivity index (χ0) is 12.9. The molecule has 1 aromatic heterocycles. The van der Waals surface area contributed by atoms with Crippen molar-refractivity contribution in [2.45, 2.75) is 13.3 Å². The van der Waals surface area contributed by atoms with Gasteiger partial charge in [0.25, 0.3) is 5.91 Å². The number of carbonyl (C=O) groups excluding carboxylic acids is 2. The molecule has 0 atom stereocenters. The Kier molecular flexibility index (Phi) is 2.52. The molecule has 92 valence electrons. The van der Waals surface area contributed by atoms with Gasteiger partial charge in [-0.05, 0) is 30.2 Å². The molecular formula is C13H11BrN2O2. The molecule has 0 radical (unpaired) electrons. The number of amides is 1. The maximum Gasteiger partial charge on any atom is 0.268 e. The number of nitrogens with one attached hydrogen (secondary N) is 1. The molecule has 5 heteroatoms. The fourth-order valence-electron chi connectivity index (χ4n) is 2.53. The Morgan fingerprint density at radius 3 is 2.94 bits per heavy atom. The summed E-state index contributed by atoms with van der Waals surface area (Å²) in [4.78, 5) is 23.8. The first kappa shape index (κ1) is 11.5. The Labute approximate surface area is 112 Å². The molecule has 2 heterocycles. The Morgan fingerprint density at radius 2 is 2.22 bits per heavy atom. The zero-order valence-electron chi connectivity index (χ0n) is 9.79. The lowest BCUT2D eigenvalue weighted by atomic mass is 10.0. The van der Waals surface area contributed by atoms with Gasteiger partial charge in [0.05, 0.1) is 5.52 Å². The lowest BCUT2D eigenvalue weighted by Crippen LogP contribution is -2.34. The third kappa shape index (κ3) is 1.50. The van der Waals surface area contributed by atoms with E-state index in [4.69, 9.17) is 0 Å². The highest BCUT2D eigenvalue weighted by Crippen LogP contribution is 2.30. The van der Waals surface area contributed by atoms with E-state index in [1.165, 1.54) is 11.5 Å². The molecule has 3 rings (SSSR count). The Balaban J connectivity index is 2.47. The fourth-order valence-corrected chi connectivity index (χ4v) is 2.89. The molecule has 1 aliphatic rings. The van der Waals surface area contributed by atoms with Crippen LogP contribution in [0, 0.1) is 0 Å². The van der Waals surface area contributed by atoms with Gasteiger partial charge in [0, 0.05) is 23.3 Å². The van der Waals surface area contributed by atoms with Gasteiger partial charge in [-0.1, -0.05) is 15.9 Å². The summed E-state index contributed by atoms with van der Waals surface area (Å²) >= 11 is 3.43. The molecule has 0 spiro atoms. The minimum atomic E-state index is -0.168. The van der Waals surface area contributed by atoms with Crippen molar-refractivity contribution in [1.29, 1.82) is 0 Å². The summed E-state index contributed by atoms with van der Waals surface area (Å²) in [5, 5.41) is 3.76. The molecule has 0 bridgehead atoms. The van der Waals surface area contributed by atoms with Crippen molar-refractivity contribution in [3.63, 3.8) is 0 Å².